The van der Waals surface area contributed by atoms with Gasteiger partial charge >= 0.3 is 0 Å². The van der Waals surface area contributed by atoms with Gasteiger partial charge in [0, 0.05) is 17.9 Å². The van der Waals surface area contributed by atoms with E-state index in [9.17, 15) is 14.3 Å². The number of hydrogen-bond acceptors (Lipinski definition) is 5. The molecule has 90 valence electrons. The smallest absolute Gasteiger partial charge is 0.258 e. The number of aromatic nitrogens is 1. The molecule has 1 unspecified atom stereocenters. The Morgan fingerprint density at radius 1 is 1.53 bits per heavy atom. The van der Waals surface area contributed by atoms with Crippen LogP contribution < -0.4 is 0 Å². The number of fused-ring (bicyclic) bond motifs is 1. The predicted molar refractivity (Wildman–Crippen MR) is 67.8 cm³/mol. The van der Waals surface area contributed by atoms with E-state index in [4.69, 9.17) is 0 Å². The van der Waals surface area contributed by atoms with Crippen molar-refractivity contribution < 1.29 is 9.13 Å². The molecule has 17 heavy (non-hydrogen) atoms. The van der Waals surface area contributed by atoms with Crippen LogP contribution in [0.2, 0.25) is 0 Å². The molecular weight excluding hydrogens is 260 g/mol. The minimum Gasteiger partial charge on any atom is -0.258 e. The molecule has 0 bridgehead atoms. The summed E-state index contributed by atoms with van der Waals surface area (Å²) in [5.41, 5.74) is 0.703. The van der Waals surface area contributed by atoms with Crippen molar-refractivity contribution >= 4 is 38.0 Å². The van der Waals surface area contributed by atoms with Crippen LogP contribution in [0.3, 0.4) is 0 Å². The fraction of sp³-hybridized carbons (Fsp3) is 0.300. The van der Waals surface area contributed by atoms with Crippen LogP contribution in [-0.2, 0) is 10.8 Å². The van der Waals surface area contributed by atoms with Gasteiger partial charge < -0.3 is 0 Å². The maximum atomic E-state index is 11.8. The monoisotopic (exact) mass is 270 g/mol. The number of thiazole rings is 1. The van der Waals surface area contributed by atoms with E-state index in [1.54, 1.807) is 6.07 Å². The number of hydrogen-bond donors (Lipinski definition) is 0. The number of nitro groups is 1. The summed E-state index contributed by atoms with van der Waals surface area (Å²) in [6, 6.07) is 4.48. The molecule has 0 radical (unpaired) electrons. The molecule has 2 aromatic rings. The zero-order chi connectivity index (χ0) is 12.4. The molecule has 5 nitrogen and oxygen atoms in total. The highest BCUT2D eigenvalue weighted by atomic mass is 32.2. The van der Waals surface area contributed by atoms with Gasteiger partial charge in [0.05, 0.1) is 25.9 Å². The zero-order valence-corrected chi connectivity index (χ0v) is 10.7. The molecule has 0 aliphatic rings. The Morgan fingerprint density at radius 3 is 2.94 bits per heavy atom. The van der Waals surface area contributed by atoms with Crippen LogP contribution in [-0.4, -0.2) is 19.9 Å². The van der Waals surface area contributed by atoms with E-state index in [1.165, 1.54) is 23.5 Å². The number of nitrogens with zero attached hydrogens (tertiary/aromatic N) is 2. The third kappa shape index (κ3) is 2.50. The molecule has 0 saturated heterocycles. The number of nitro benzene ring substituents is 1. The van der Waals surface area contributed by atoms with Crippen LogP contribution in [0.1, 0.15) is 13.3 Å². The van der Waals surface area contributed by atoms with Gasteiger partial charge in [-0.1, -0.05) is 6.92 Å². The van der Waals surface area contributed by atoms with Crippen LogP contribution in [0.5, 0.6) is 0 Å². The molecule has 7 heteroatoms. The van der Waals surface area contributed by atoms with Crippen LogP contribution in [0.15, 0.2) is 22.5 Å². The first-order valence-corrected chi connectivity index (χ1v) is 7.18. The van der Waals surface area contributed by atoms with E-state index < -0.39 is 15.7 Å². The van der Waals surface area contributed by atoms with Gasteiger partial charge in [-0.2, -0.15) is 0 Å². The van der Waals surface area contributed by atoms with Crippen molar-refractivity contribution in [3.8, 4) is 0 Å². The summed E-state index contributed by atoms with van der Waals surface area (Å²) in [7, 11) is -1.10. The molecule has 1 aromatic heterocycles. The molecule has 1 atom stereocenters. The van der Waals surface area contributed by atoms with Crippen molar-refractivity contribution in [2.45, 2.75) is 17.7 Å². The van der Waals surface area contributed by atoms with Crippen LogP contribution in [0.25, 0.3) is 10.2 Å². The average Bonchev–Trinajstić information content (AvgIpc) is 2.71. The second-order valence-electron chi connectivity index (χ2n) is 3.44. The third-order valence-electron chi connectivity index (χ3n) is 2.15. The normalized spacial score (nSPS) is 12.8. The van der Waals surface area contributed by atoms with Crippen LogP contribution >= 0.6 is 11.3 Å². The molecule has 0 spiro atoms. The summed E-state index contributed by atoms with van der Waals surface area (Å²) in [5.74, 6) is 0.571. The summed E-state index contributed by atoms with van der Waals surface area (Å²) in [6.07, 6.45) is 0.822. The van der Waals surface area contributed by atoms with Gasteiger partial charge in [-0.15, -0.1) is 11.3 Å². The van der Waals surface area contributed by atoms with Gasteiger partial charge in [0.1, 0.15) is 0 Å². The Hall–Kier alpha value is -1.34. The van der Waals surface area contributed by atoms with Gasteiger partial charge in [0.15, 0.2) is 4.34 Å². The summed E-state index contributed by atoms with van der Waals surface area (Å²) in [4.78, 5) is 14.4. The standard InChI is InChI=1S/C10H10N2O3S2/c1-2-5-17(15)10-11-8-4-3-7(12(13)14)6-9(8)16-10/h3-4,6H,2,5H2,1H3. The highest BCUT2D eigenvalue weighted by Crippen LogP contribution is 2.28. The summed E-state index contributed by atoms with van der Waals surface area (Å²) >= 11 is 1.26. The first kappa shape index (κ1) is 12.1. The minimum absolute atomic E-state index is 0.0361. The van der Waals surface area contributed by atoms with Gasteiger partial charge in [0.25, 0.3) is 5.69 Å². The molecule has 0 saturated carbocycles. The molecule has 0 N–H and O–H groups in total. The molecule has 2 rings (SSSR count). The molecule has 0 fully saturated rings. The van der Waals surface area contributed by atoms with E-state index >= 15 is 0 Å². The SMILES string of the molecule is CCCS(=O)c1nc2ccc([N+](=O)[O-])cc2s1. The minimum atomic E-state index is -1.10. The Labute approximate surface area is 104 Å². The third-order valence-corrected chi connectivity index (χ3v) is 5.03. The molecule has 1 aromatic carbocycles. The average molecular weight is 270 g/mol. The van der Waals surface area contributed by atoms with Crippen LogP contribution in [0.4, 0.5) is 5.69 Å². The van der Waals surface area contributed by atoms with Gasteiger partial charge in [-0.25, -0.2) is 4.98 Å². The lowest BCUT2D eigenvalue weighted by Crippen LogP contribution is -1.95. The zero-order valence-electron chi connectivity index (χ0n) is 9.08. The maximum Gasteiger partial charge on any atom is 0.270 e. The van der Waals surface area contributed by atoms with E-state index in [-0.39, 0.29) is 5.69 Å². The van der Waals surface area contributed by atoms with Crippen LogP contribution in [0, 0.1) is 10.1 Å². The quantitative estimate of drug-likeness (QED) is 0.632. The fourth-order valence-corrected chi connectivity index (χ4v) is 3.74. The molecule has 0 aliphatic heterocycles. The van der Waals surface area contributed by atoms with E-state index in [0.717, 1.165) is 6.42 Å². The second-order valence-corrected chi connectivity index (χ2v) is 6.21. The van der Waals surface area contributed by atoms with E-state index in [0.29, 0.717) is 20.3 Å². The van der Waals surface area contributed by atoms with Crippen molar-refractivity contribution in [3.05, 3.63) is 28.3 Å². The highest BCUT2D eigenvalue weighted by molar-refractivity contribution is 7.87. The molecular formula is C10H10N2O3S2. The number of rotatable bonds is 4. The lowest BCUT2D eigenvalue weighted by Gasteiger charge is -1.91. The Morgan fingerprint density at radius 2 is 2.29 bits per heavy atom. The molecule has 0 amide bonds. The maximum absolute atomic E-state index is 11.8. The lowest BCUT2D eigenvalue weighted by molar-refractivity contribution is -0.384. The van der Waals surface area contributed by atoms with Crippen molar-refractivity contribution in [2.24, 2.45) is 0 Å². The summed E-state index contributed by atoms with van der Waals surface area (Å²) in [5, 5.41) is 10.6. The topological polar surface area (TPSA) is 73.1 Å². The first-order chi connectivity index (χ1) is 8.11. The Bertz CT molecular complexity index is 594. The van der Waals surface area contributed by atoms with Crippen molar-refractivity contribution in [1.82, 2.24) is 4.98 Å². The van der Waals surface area contributed by atoms with Crippen molar-refractivity contribution in [3.63, 3.8) is 0 Å². The first-order valence-electron chi connectivity index (χ1n) is 5.05. The van der Waals surface area contributed by atoms with E-state index in [1.807, 2.05) is 6.92 Å². The Kier molecular flexibility index (Phi) is 3.49. The lowest BCUT2D eigenvalue weighted by atomic mass is 10.3. The van der Waals surface area contributed by atoms with Gasteiger partial charge in [-0.3, -0.25) is 14.3 Å². The highest BCUT2D eigenvalue weighted by Gasteiger charge is 2.13. The summed E-state index contributed by atoms with van der Waals surface area (Å²) in [6.45, 7) is 1.95. The Balaban J connectivity index is 2.43. The number of benzene rings is 1. The number of non-ortho nitro benzene ring substituents is 1. The predicted octanol–water partition coefficient (Wildman–Crippen LogP) is 2.72. The molecule has 1 heterocycles. The largest absolute Gasteiger partial charge is 0.270 e. The second kappa shape index (κ2) is 4.89. The van der Waals surface area contributed by atoms with Gasteiger partial charge in [0.2, 0.25) is 0 Å². The van der Waals surface area contributed by atoms with Crippen molar-refractivity contribution in [1.29, 1.82) is 0 Å². The van der Waals surface area contributed by atoms with E-state index in [2.05, 4.69) is 4.98 Å². The summed E-state index contributed by atoms with van der Waals surface area (Å²) < 4.78 is 13.0. The fourth-order valence-electron chi connectivity index (χ4n) is 1.38. The van der Waals surface area contributed by atoms with Gasteiger partial charge in [-0.05, 0) is 12.5 Å². The molecule has 0 aliphatic carbocycles. The van der Waals surface area contributed by atoms with Crippen molar-refractivity contribution in [2.75, 3.05) is 5.75 Å².